The van der Waals surface area contributed by atoms with Crippen LogP contribution in [0.5, 0.6) is 17.2 Å². The van der Waals surface area contributed by atoms with Gasteiger partial charge in [0.05, 0.1) is 0 Å². The van der Waals surface area contributed by atoms with Gasteiger partial charge in [-0.05, 0) is 110 Å². The summed E-state index contributed by atoms with van der Waals surface area (Å²) in [5, 5.41) is 28.1. The van der Waals surface area contributed by atoms with Crippen molar-refractivity contribution in [2.75, 3.05) is 16.9 Å². The molecule has 0 aliphatic carbocycles. The van der Waals surface area contributed by atoms with Crippen molar-refractivity contribution in [1.82, 2.24) is 0 Å². The molecule has 12 heteroatoms. The Morgan fingerprint density at radius 1 is 0.778 bits per heavy atom. The van der Waals surface area contributed by atoms with Crippen LogP contribution in [-0.4, -0.2) is 35.4 Å². The Bertz CT molecular complexity index is 2510. The van der Waals surface area contributed by atoms with Gasteiger partial charge in [0.1, 0.15) is 36.3 Å². The minimum atomic E-state index is -2.14. The Labute approximate surface area is 371 Å². The second-order valence-electron chi connectivity index (χ2n) is 15.0. The molecule has 0 aliphatic heterocycles. The molecule has 2 N–H and O–H groups in total. The number of hydrogen-bond donors (Lipinski definition) is 2. The zero-order valence-corrected chi connectivity index (χ0v) is 35.9. The molecule has 0 aliphatic rings. The molecule has 0 radical (unpaired) electrons. The van der Waals surface area contributed by atoms with E-state index in [1.165, 1.54) is 12.1 Å². The normalized spacial score (nSPS) is 14.1. The number of para-hydroxylation sites is 3. The number of ether oxygens (including phenoxy) is 4. The number of nitrogens with one attached hydrogen (secondary N) is 2. The topological polar surface area (TPSA) is 143 Å². The molecule has 0 amide bonds. The van der Waals surface area contributed by atoms with Crippen molar-refractivity contribution in [3.8, 4) is 29.4 Å². The van der Waals surface area contributed by atoms with Crippen LogP contribution in [-0.2, 0) is 25.7 Å². The number of anilines is 2. The fraction of sp³-hybridized carbons (Fsp3) is 0.216. The smallest absolute Gasteiger partial charge is 0.351 e. The Morgan fingerprint density at radius 3 is 1.98 bits per heavy atom. The first-order valence-corrected chi connectivity index (χ1v) is 21.5. The predicted octanol–water partition coefficient (Wildman–Crippen LogP) is 11.3. The molecule has 10 nitrogen and oxygen atoms in total. The molecule has 0 bridgehead atoms. The van der Waals surface area contributed by atoms with Gasteiger partial charge in [0.15, 0.2) is 17.2 Å². The van der Waals surface area contributed by atoms with Crippen molar-refractivity contribution in [3.05, 3.63) is 181 Å². The van der Waals surface area contributed by atoms with Crippen LogP contribution in [0.2, 0.25) is 0 Å². The van der Waals surface area contributed by atoms with Crippen molar-refractivity contribution in [2.45, 2.75) is 61.5 Å². The van der Waals surface area contributed by atoms with Crippen LogP contribution in [0.1, 0.15) is 43.9 Å². The number of carbonyl (C=O) groups excluding carboxylic acids is 2. The number of nitrogens with zero attached hydrogens (tertiary/aromatic N) is 2. The molecule has 0 heterocycles. The van der Waals surface area contributed by atoms with Crippen molar-refractivity contribution in [3.63, 3.8) is 0 Å². The predicted molar refractivity (Wildman–Crippen MR) is 242 cm³/mol. The number of thioether (sulfide) groups is 1. The van der Waals surface area contributed by atoms with Gasteiger partial charge in [-0.25, -0.2) is 14.0 Å². The van der Waals surface area contributed by atoms with Crippen LogP contribution in [0.15, 0.2) is 169 Å². The number of carbonyl (C=O) groups is 2. The Kier molecular flexibility index (Phi) is 15.4. The number of halogens is 1. The highest BCUT2D eigenvalue weighted by Crippen LogP contribution is 2.39. The molecule has 320 valence electrons. The highest BCUT2D eigenvalue weighted by Gasteiger charge is 2.59. The van der Waals surface area contributed by atoms with E-state index in [2.05, 4.69) is 16.7 Å². The molecule has 63 heavy (non-hydrogen) atoms. The van der Waals surface area contributed by atoms with Crippen molar-refractivity contribution >= 4 is 35.1 Å². The van der Waals surface area contributed by atoms with Crippen LogP contribution in [0.3, 0.4) is 0 Å². The summed E-state index contributed by atoms with van der Waals surface area (Å²) in [6.07, 6.45) is 0.745. The zero-order chi connectivity index (χ0) is 44.7. The fourth-order valence-corrected chi connectivity index (χ4v) is 7.34. The molecule has 0 saturated carbocycles. The Hall–Kier alpha value is -7.28. The molecule has 0 spiro atoms. The molecular formula is C51H47FN4O6S. The van der Waals surface area contributed by atoms with Crippen LogP contribution in [0, 0.1) is 34.4 Å². The molecule has 0 aromatic heterocycles. The van der Waals surface area contributed by atoms with Crippen LogP contribution in [0.4, 0.5) is 15.8 Å². The molecule has 5 unspecified atom stereocenters. The fourth-order valence-electron chi connectivity index (χ4n) is 6.93. The standard InChI is InChI=1S/C51H47FN4O6S/c1-36(47(55-39-18-10-5-11-19-39)48(57)61-46(33-53)38-24-29-44(52)45(32-38)60-41-20-12-6-13-21-41)30-31-50(2,62-42-22-14-7-15-23-42)51(35-54,56-40-25-27-43(63-3)28-26-40)49(58)59-34-37-16-8-4-9-17-37/h4-29,32,36,46-47,55-56H,30-31,34H2,1-3H3. The van der Waals surface area contributed by atoms with Gasteiger partial charge in [-0.2, -0.15) is 10.5 Å². The number of rotatable bonds is 20. The second kappa shape index (κ2) is 21.5. The van der Waals surface area contributed by atoms with Gasteiger partial charge < -0.3 is 29.6 Å². The van der Waals surface area contributed by atoms with E-state index >= 15 is 0 Å². The van der Waals surface area contributed by atoms with Gasteiger partial charge in [-0.15, -0.1) is 11.8 Å². The third-order valence-corrected chi connectivity index (χ3v) is 11.3. The van der Waals surface area contributed by atoms with Gasteiger partial charge >= 0.3 is 11.9 Å². The molecular weight excluding hydrogens is 816 g/mol. The third-order valence-electron chi connectivity index (χ3n) is 10.6. The molecule has 6 aromatic rings. The summed E-state index contributed by atoms with van der Waals surface area (Å²) in [6.45, 7) is 3.40. The van der Waals surface area contributed by atoms with E-state index in [1.54, 1.807) is 97.5 Å². The average molecular weight is 863 g/mol. The van der Waals surface area contributed by atoms with E-state index in [-0.39, 0.29) is 30.8 Å². The average Bonchev–Trinajstić information content (AvgIpc) is 3.32. The molecule has 6 aromatic carbocycles. The lowest BCUT2D eigenvalue weighted by molar-refractivity contribution is -0.156. The van der Waals surface area contributed by atoms with Gasteiger partial charge in [0, 0.05) is 21.8 Å². The summed E-state index contributed by atoms with van der Waals surface area (Å²) in [5.41, 5.74) is -1.77. The molecule has 6 rings (SSSR count). The molecule has 0 fully saturated rings. The van der Waals surface area contributed by atoms with E-state index in [0.717, 1.165) is 16.5 Å². The number of nitriles is 2. The van der Waals surface area contributed by atoms with Crippen molar-refractivity contribution in [2.24, 2.45) is 5.92 Å². The van der Waals surface area contributed by atoms with Crippen LogP contribution in [0.25, 0.3) is 0 Å². The SMILES string of the molecule is CSc1ccc(NC(C#N)(C(=O)OCc2ccccc2)C(C)(CCC(C)C(Nc2ccccc2)C(=O)OC(C#N)c2ccc(F)c(Oc3ccccc3)c2)Oc2ccccc2)cc1. The highest BCUT2D eigenvalue weighted by atomic mass is 32.2. The van der Waals surface area contributed by atoms with E-state index in [1.807, 2.05) is 86.0 Å². The maximum Gasteiger partial charge on any atom is 0.351 e. The molecule has 0 saturated heterocycles. The number of benzene rings is 6. The molecule has 5 atom stereocenters. The maximum absolute atomic E-state index is 14.9. The summed E-state index contributed by atoms with van der Waals surface area (Å²) in [5.74, 6) is -2.22. The first-order valence-electron chi connectivity index (χ1n) is 20.3. The highest BCUT2D eigenvalue weighted by molar-refractivity contribution is 7.98. The monoisotopic (exact) mass is 862 g/mol. The number of hydrogen-bond acceptors (Lipinski definition) is 11. The van der Waals surface area contributed by atoms with E-state index < -0.39 is 47.0 Å². The van der Waals surface area contributed by atoms with Gasteiger partial charge in [-0.3, -0.25) is 0 Å². The van der Waals surface area contributed by atoms with E-state index in [0.29, 0.717) is 22.9 Å². The Balaban J connectivity index is 1.33. The zero-order valence-electron chi connectivity index (χ0n) is 35.1. The largest absolute Gasteiger partial charge is 0.483 e. The first kappa shape index (κ1) is 45.3. The van der Waals surface area contributed by atoms with Crippen LogP contribution >= 0.6 is 11.8 Å². The Morgan fingerprint density at radius 2 is 1.38 bits per heavy atom. The lowest BCUT2D eigenvalue weighted by Gasteiger charge is -2.43. The van der Waals surface area contributed by atoms with Gasteiger partial charge in [0.25, 0.3) is 5.54 Å². The quantitative estimate of drug-likeness (QED) is 0.0559. The minimum absolute atomic E-state index is 0.0348. The van der Waals surface area contributed by atoms with Crippen molar-refractivity contribution in [1.29, 1.82) is 10.5 Å². The van der Waals surface area contributed by atoms with Gasteiger partial charge in [-0.1, -0.05) is 97.9 Å². The summed E-state index contributed by atoms with van der Waals surface area (Å²) >= 11 is 1.55. The van der Waals surface area contributed by atoms with Gasteiger partial charge in [0.2, 0.25) is 6.10 Å². The third kappa shape index (κ3) is 11.6. The summed E-state index contributed by atoms with van der Waals surface area (Å²) in [7, 11) is 0. The summed E-state index contributed by atoms with van der Waals surface area (Å²) in [4.78, 5) is 30.0. The van der Waals surface area contributed by atoms with E-state index in [9.17, 15) is 24.5 Å². The minimum Gasteiger partial charge on any atom is -0.483 e. The second-order valence-corrected chi connectivity index (χ2v) is 15.9. The summed E-state index contributed by atoms with van der Waals surface area (Å²) < 4.78 is 39.3. The first-order chi connectivity index (χ1) is 30.6. The van der Waals surface area contributed by atoms with E-state index in [4.69, 9.17) is 18.9 Å². The summed E-state index contributed by atoms with van der Waals surface area (Å²) in [6, 6.07) is 50.1. The maximum atomic E-state index is 14.9. The van der Waals surface area contributed by atoms with Crippen molar-refractivity contribution < 1.29 is 32.9 Å². The number of esters is 2. The van der Waals surface area contributed by atoms with Crippen LogP contribution < -0.4 is 20.1 Å². The lowest BCUT2D eigenvalue weighted by atomic mass is 9.76. The lowest BCUT2D eigenvalue weighted by Crippen LogP contribution is -2.65.